The number of aromatic nitrogens is 2. The molecule has 1 aromatic carbocycles. The lowest BCUT2D eigenvalue weighted by atomic mass is 10.1. The molecule has 2 N–H and O–H groups in total. The molecule has 1 unspecified atom stereocenters. The first kappa shape index (κ1) is 21.8. The summed E-state index contributed by atoms with van der Waals surface area (Å²) >= 11 is 0. The summed E-state index contributed by atoms with van der Waals surface area (Å²) in [7, 11) is 0. The lowest BCUT2D eigenvalue weighted by Crippen LogP contribution is -2.65. The standard InChI is InChI=1S/C20H24N4O5/c1-19(2,3)29-17(26)20(4,23-16(25)15-12-21-10-11-22-15)24-18(27)28-13-14-8-6-5-7-9-14/h5-12H,13H2,1-4H3,(H,23,25)(H,24,27). The van der Waals surface area contributed by atoms with Gasteiger partial charge in [0.1, 0.15) is 17.9 Å². The van der Waals surface area contributed by atoms with Crippen LogP contribution in [0.1, 0.15) is 43.7 Å². The molecule has 0 bridgehead atoms. The normalized spacial score (nSPS) is 13.0. The van der Waals surface area contributed by atoms with Gasteiger partial charge >= 0.3 is 12.1 Å². The van der Waals surface area contributed by atoms with Gasteiger partial charge in [0.2, 0.25) is 5.66 Å². The maximum Gasteiger partial charge on any atom is 0.409 e. The van der Waals surface area contributed by atoms with Crippen molar-refractivity contribution in [2.75, 3.05) is 0 Å². The fourth-order valence-electron chi connectivity index (χ4n) is 2.18. The molecule has 9 nitrogen and oxygen atoms in total. The molecule has 0 saturated heterocycles. The van der Waals surface area contributed by atoms with Gasteiger partial charge in [0.15, 0.2) is 0 Å². The lowest BCUT2D eigenvalue weighted by Gasteiger charge is -2.32. The summed E-state index contributed by atoms with van der Waals surface area (Å²) in [5.74, 6) is -1.58. The van der Waals surface area contributed by atoms with E-state index in [0.29, 0.717) is 0 Å². The van der Waals surface area contributed by atoms with Crippen LogP contribution in [0.3, 0.4) is 0 Å². The molecule has 2 aromatic rings. The largest absolute Gasteiger partial charge is 0.457 e. The molecule has 0 aliphatic heterocycles. The molecule has 1 heterocycles. The van der Waals surface area contributed by atoms with Gasteiger partial charge in [-0.15, -0.1) is 0 Å². The fourth-order valence-corrected chi connectivity index (χ4v) is 2.18. The number of nitrogens with one attached hydrogen (secondary N) is 2. The molecule has 1 atom stereocenters. The number of carbonyl (C=O) groups is 3. The molecule has 29 heavy (non-hydrogen) atoms. The monoisotopic (exact) mass is 400 g/mol. The van der Waals surface area contributed by atoms with Gasteiger partial charge in [0, 0.05) is 12.4 Å². The Bertz CT molecular complexity index is 852. The number of hydrogen-bond acceptors (Lipinski definition) is 7. The Labute approximate surface area is 168 Å². The van der Waals surface area contributed by atoms with E-state index in [9.17, 15) is 14.4 Å². The number of benzene rings is 1. The highest BCUT2D eigenvalue weighted by Crippen LogP contribution is 2.14. The van der Waals surface area contributed by atoms with Crippen molar-refractivity contribution >= 4 is 18.0 Å². The van der Waals surface area contributed by atoms with Crippen molar-refractivity contribution in [2.24, 2.45) is 0 Å². The first-order valence-corrected chi connectivity index (χ1v) is 8.90. The Morgan fingerprint density at radius 1 is 1.00 bits per heavy atom. The zero-order valence-electron chi connectivity index (χ0n) is 16.8. The van der Waals surface area contributed by atoms with E-state index in [1.54, 1.807) is 32.9 Å². The fraction of sp³-hybridized carbons (Fsp3) is 0.350. The maximum atomic E-state index is 12.7. The minimum atomic E-state index is -1.89. The molecule has 0 aliphatic carbocycles. The van der Waals surface area contributed by atoms with Gasteiger partial charge in [0.25, 0.3) is 5.91 Å². The Balaban J connectivity index is 2.13. The van der Waals surface area contributed by atoms with Crippen LogP contribution in [0, 0.1) is 0 Å². The molecule has 2 rings (SSSR count). The number of amides is 2. The third-order valence-corrected chi connectivity index (χ3v) is 3.53. The summed E-state index contributed by atoms with van der Waals surface area (Å²) in [4.78, 5) is 45.2. The molecule has 0 radical (unpaired) electrons. The predicted octanol–water partition coefficient (Wildman–Crippen LogP) is 2.19. The summed E-state index contributed by atoms with van der Waals surface area (Å²) < 4.78 is 10.5. The van der Waals surface area contributed by atoms with Gasteiger partial charge in [0.05, 0.1) is 6.20 Å². The highest BCUT2D eigenvalue weighted by Gasteiger charge is 2.41. The smallest absolute Gasteiger partial charge is 0.409 e. The van der Waals surface area contributed by atoms with E-state index < -0.39 is 29.2 Å². The molecular formula is C20H24N4O5. The summed E-state index contributed by atoms with van der Waals surface area (Å²) in [5.41, 5.74) is -1.99. The molecule has 2 amide bonds. The van der Waals surface area contributed by atoms with Crippen LogP contribution < -0.4 is 10.6 Å². The summed E-state index contributed by atoms with van der Waals surface area (Å²) in [6.45, 7) is 6.31. The number of hydrogen-bond donors (Lipinski definition) is 2. The number of esters is 1. The van der Waals surface area contributed by atoms with Crippen LogP contribution >= 0.6 is 0 Å². The van der Waals surface area contributed by atoms with Crippen molar-refractivity contribution in [3.63, 3.8) is 0 Å². The second kappa shape index (κ2) is 9.13. The van der Waals surface area contributed by atoms with E-state index in [1.165, 1.54) is 25.5 Å². The molecule has 9 heteroatoms. The van der Waals surface area contributed by atoms with Crippen molar-refractivity contribution in [3.05, 3.63) is 60.2 Å². The third-order valence-electron chi connectivity index (χ3n) is 3.53. The van der Waals surface area contributed by atoms with Crippen LogP contribution in [-0.2, 0) is 20.9 Å². The second-order valence-electron chi connectivity index (χ2n) is 7.36. The Hall–Kier alpha value is -3.49. The van der Waals surface area contributed by atoms with E-state index in [0.717, 1.165) is 5.56 Å². The van der Waals surface area contributed by atoms with Gasteiger partial charge in [-0.25, -0.2) is 14.6 Å². The predicted molar refractivity (Wildman–Crippen MR) is 104 cm³/mol. The lowest BCUT2D eigenvalue weighted by molar-refractivity contribution is -0.163. The topological polar surface area (TPSA) is 120 Å². The van der Waals surface area contributed by atoms with E-state index in [4.69, 9.17) is 9.47 Å². The van der Waals surface area contributed by atoms with Crippen molar-refractivity contribution in [2.45, 2.75) is 45.6 Å². The zero-order chi connectivity index (χ0) is 21.5. The SMILES string of the molecule is CC(C)(C)OC(=O)C(C)(NC(=O)OCc1ccccc1)NC(=O)c1cnccn1. The van der Waals surface area contributed by atoms with Crippen molar-refractivity contribution in [3.8, 4) is 0 Å². The minimum Gasteiger partial charge on any atom is -0.457 e. The number of ether oxygens (including phenoxy) is 2. The number of alkyl carbamates (subject to hydrolysis) is 1. The Kier molecular flexibility index (Phi) is 6.87. The Morgan fingerprint density at radius 2 is 1.69 bits per heavy atom. The van der Waals surface area contributed by atoms with Gasteiger partial charge in [-0.3, -0.25) is 15.1 Å². The van der Waals surface area contributed by atoms with Crippen molar-refractivity contribution < 1.29 is 23.9 Å². The average Bonchev–Trinajstić information content (AvgIpc) is 2.66. The zero-order valence-corrected chi connectivity index (χ0v) is 16.8. The summed E-state index contributed by atoms with van der Waals surface area (Å²) in [6, 6.07) is 9.03. The van der Waals surface area contributed by atoms with Gasteiger partial charge in [-0.2, -0.15) is 0 Å². The number of carbonyl (C=O) groups excluding carboxylic acids is 3. The average molecular weight is 400 g/mol. The van der Waals surface area contributed by atoms with Crippen LogP contribution in [0.4, 0.5) is 4.79 Å². The molecule has 154 valence electrons. The van der Waals surface area contributed by atoms with Crippen LogP contribution in [0.2, 0.25) is 0 Å². The number of rotatable bonds is 6. The van der Waals surface area contributed by atoms with Gasteiger partial charge in [-0.05, 0) is 33.3 Å². The van der Waals surface area contributed by atoms with Crippen LogP contribution in [-0.4, -0.2) is 39.2 Å². The first-order chi connectivity index (χ1) is 13.6. The minimum absolute atomic E-state index is 0.00478. The Morgan fingerprint density at radius 3 is 2.28 bits per heavy atom. The van der Waals surface area contributed by atoms with Crippen LogP contribution in [0.25, 0.3) is 0 Å². The van der Waals surface area contributed by atoms with Crippen molar-refractivity contribution in [1.29, 1.82) is 0 Å². The van der Waals surface area contributed by atoms with Gasteiger partial charge < -0.3 is 14.8 Å². The van der Waals surface area contributed by atoms with E-state index in [1.807, 2.05) is 18.2 Å². The molecule has 1 aromatic heterocycles. The van der Waals surface area contributed by atoms with Crippen LogP contribution in [0.15, 0.2) is 48.9 Å². The molecular weight excluding hydrogens is 376 g/mol. The molecule has 0 fully saturated rings. The number of nitrogens with zero attached hydrogens (tertiary/aromatic N) is 2. The maximum absolute atomic E-state index is 12.7. The third kappa shape index (κ3) is 6.87. The first-order valence-electron chi connectivity index (χ1n) is 8.90. The summed E-state index contributed by atoms with van der Waals surface area (Å²) in [5, 5.41) is 4.80. The van der Waals surface area contributed by atoms with Crippen LogP contribution in [0.5, 0.6) is 0 Å². The van der Waals surface area contributed by atoms with E-state index >= 15 is 0 Å². The molecule has 0 aliphatic rings. The highest BCUT2D eigenvalue weighted by atomic mass is 16.6. The van der Waals surface area contributed by atoms with Crippen molar-refractivity contribution in [1.82, 2.24) is 20.6 Å². The molecule has 0 spiro atoms. The summed E-state index contributed by atoms with van der Waals surface area (Å²) in [6.07, 6.45) is 3.07. The van der Waals surface area contributed by atoms with E-state index in [2.05, 4.69) is 20.6 Å². The quantitative estimate of drug-likeness (QED) is 0.563. The highest BCUT2D eigenvalue weighted by molar-refractivity contribution is 5.97. The molecule has 0 saturated carbocycles. The van der Waals surface area contributed by atoms with Gasteiger partial charge in [-0.1, -0.05) is 30.3 Å². The van der Waals surface area contributed by atoms with E-state index in [-0.39, 0.29) is 12.3 Å². The second-order valence-corrected chi connectivity index (χ2v) is 7.36.